The van der Waals surface area contributed by atoms with Crippen LogP contribution < -0.4 is 0 Å². The van der Waals surface area contributed by atoms with Gasteiger partial charge in [0, 0.05) is 0 Å². The van der Waals surface area contributed by atoms with Crippen LogP contribution in [-0.4, -0.2) is 39.8 Å². The fourth-order valence-corrected chi connectivity index (χ4v) is 2.23. The predicted octanol–water partition coefficient (Wildman–Crippen LogP) is 1.29. The molecule has 17 heavy (non-hydrogen) atoms. The number of aliphatic hydroxyl groups excluding tert-OH is 1. The molecule has 5 nitrogen and oxygen atoms in total. The summed E-state index contributed by atoms with van der Waals surface area (Å²) < 4.78 is 5.20. The van der Waals surface area contributed by atoms with E-state index in [1.54, 1.807) is 20.8 Å². The molecule has 1 heterocycles. The van der Waals surface area contributed by atoms with Crippen LogP contribution in [0.2, 0.25) is 0 Å². The van der Waals surface area contributed by atoms with Crippen molar-refractivity contribution in [3.05, 3.63) is 0 Å². The lowest BCUT2D eigenvalue weighted by Gasteiger charge is -2.28. The van der Waals surface area contributed by atoms with Gasteiger partial charge in [0.1, 0.15) is 5.60 Å². The summed E-state index contributed by atoms with van der Waals surface area (Å²) in [6, 6.07) is -0.377. The SMILES string of the molecule is CC(C)(C)OC(=O)N1C(=O)CC(O)C1C1CC1. The van der Waals surface area contributed by atoms with Crippen LogP contribution in [0, 0.1) is 5.92 Å². The Hall–Kier alpha value is -1.10. The van der Waals surface area contributed by atoms with Crippen molar-refractivity contribution in [1.29, 1.82) is 0 Å². The van der Waals surface area contributed by atoms with Crippen LogP contribution in [0.1, 0.15) is 40.0 Å². The molecule has 5 heteroatoms. The number of likely N-dealkylation sites (tertiary alicyclic amines) is 1. The van der Waals surface area contributed by atoms with E-state index in [0.29, 0.717) is 0 Å². The molecule has 2 unspecified atom stereocenters. The molecule has 1 aliphatic heterocycles. The number of ether oxygens (including phenoxy) is 1. The second-order valence-electron chi connectivity index (χ2n) is 5.84. The van der Waals surface area contributed by atoms with Gasteiger partial charge in [0.05, 0.1) is 18.6 Å². The maximum Gasteiger partial charge on any atom is 0.417 e. The second kappa shape index (κ2) is 3.98. The maximum absolute atomic E-state index is 11.9. The number of rotatable bonds is 1. The molecule has 2 amide bonds. The summed E-state index contributed by atoms with van der Waals surface area (Å²) in [5, 5.41) is 9.82. The van der Waals surface area contributed by atoms with Gasteiger partial charge < -0.3 is 9.84 Å². The second-order valence-corrected chi connectivity index (χ2v) is 5.84. The molecule has 0 aromatic heterocycles. The zero-order chi connectivity index (χ0) is 12.8. The molecule has 1 N–H and O–H groups in total. The van der Waals surface area contributed by atoms with Crippen molar-refractivity contribution in [2.24, 2.45) is 5.92 Å². The summed E-state index contributed by atoms with van der Waals surface area (Å²) in [7, 11) is 0. The monoisotopic (exact) mass is 241 g/mol. The molecule has 2 aliphatic rings. The van der Waals surface area contributed by atoms with Crippen molar-refractivity contribution < 1.29 is 19.4 Å². The lowest BCUT2D eigenvalue weighted by Crippen LogP contribution is -2.45. The predicted molar refractivity (Wildman–Crippen MR) is 60.2 cm³/mol. The third kappa shape index (κ3) is 2.60. The van der Waals surface area contributed by atoms with Crippen molar-refractivity contribution in [3.63, 3.8) is 0 Å². The van der Waals surface area contributed by atoms with E-state index in [-0.39, 0.29) is 24.3 Å². The van der Waals surface area contributed by atoms with Crippen LogP contribution in [0.5, 0.6) is 0 Å². The fraction of sp³-hybridized carbons (Fsp3) is 0.833. The number of hydrogen-bond donors (Lipinski definition) is 1. The molecule has 1 aliphatic carbocycles. The first kappa shape index (κ1) is 12.4. The van der Waals surface area contributed by atoms with Crippen LogP contribution in [0.4, 0.5) is 4.79 Å². The van der Waals surface area contributed by atoms with E-state index in [1.165, 1.54) is 0 Å². The zero-order valence-electron chi connectivity index (χ0n) is 10.5. The Kier molecular flexibility index (Phi) is 2.89. The smallest absolute Gasteiger partial charge is 0.417 e. The molecule has 0 bridgehead atoms. The molecular weight excluding hydrogens is 222 g/mol. The van der Waals surface area contributed by atoms with Crippen LogP contribution in [0.3, 0.4) is 0 Å². The highest BCUT2D eigenvalue weighted by Gasteiger charge is 2.50. The van der Waals surface area contributed by atoms with Crippen LogP contribution in [0.25, 0.3) is 0 Å². The van der Waals surface area contributed by atoms with Crippen molar-refractivity contribution >= 4 is 12.0 Å². The van der Waals surface area contributed by atoms with E-state index in [4.69, 9.17) is 4.74 Å². The van der Waals surface area contributed by atoms with E-state index >= 15 is 0 Å². The molecule has 0 spiro atoms. The van der Waals surface area contributed by atoms with Crippen LogP contribution in [-0.2, 0) is 9.53 Å². The number of hydrogen-bond acceptors (Lipinski definition) is 4. The average Bonchev–Trinajstić information content (AvgIpc) is 2.89. The average molecular weight is 241 g/mol. The van der Waals surface area contributed by atoms with Crippen LogP contribution >= 0.6 is 0 Å². The number of nitrogens with zero attached hydrogens (tertiary/aromatic N) is 1. The Labute approximate surface area is 101 Å². The van der Waals surface area contributed by atoms with Gasteiger partial charge in [-0.3, -0.25) is 4.79 Å². The number of aliphatic hydroxyl groups is 1. The fourth-order valence-electron chi connectivity index (χ4n) is 2.23. The first-order valence-electron chi connectivity index (χ1n) is 6.03. The van der Waals surface area contributed by atoms with Gasteiger partial charge in [0.25, 0.3) is 0 Å². The Bertz CT molecular complexity index is 343. The molecule has 2 fully saturated rings. The van der Waals surface area contributed by atoms with Crippen molar-refractivity contribution in [2.45, 2.75) is 57.8 Å². The van der Waals surface area contributed by atoms with Crippen LogP contribution in [0.15, 0.2) is 0 Å². The highest BCUT2D eigenvalue weighted by atomic mass is 16.6. The first-order valence-corrected chi connectivity index (χ1v) is 6.03. The van der Waals surface area contributed by atoms with Gasteiger partial charge in [-0.25, -0.2) is 9.69 Å². The minimum Gasteiger partial charge on any atom is -0.443 e. The molecule has 1 saturated carbocycles. The van der Waals surface area contributed by atoms with Gasteiger partial charge in [-0.15, -0.1) is 0 Å². The Balaban J connectivity index is 2.11. The Morgan fingerprint density at radius 3 is 2.47 bits per heavy atom. The van der Waals surface area contributed by atoms with Crippen molar-refractivity contribution in [1.82, 2.24) is 4.90 Å². The van der Waals surface area contributed by atoms with Crippen molar-refractivity contribution in [3.8, 4) is 0 Å². The molecule has 0 aromatic carbocycles. The molecule has 1 saturated heterocycles. The summed E-state index contributed by atoms with van der Waals surface area (Å²) in [5.74, 6) is -0.0763. The molecule has 0 aromatic rings. The molecule has 96 valence electrons. The summed E-state index contributed by atoms with van der Waals surface area (Å²) in [4.78, 5) is 24.8. The lowest BCUT2D eigenvalue weighted by molar-refractivity contribution is -0.128. The summed E-state index contributed by atoms with van der Waals surface area (Å²) in [5.41, 5.74) is -0.626. The lowest BCUT2D eigenvalue weighted by atomic mass is 10.1. The molecule has 0 radical (unpaired) electrons. The van der Waals surface area contributed by atoms with E-state index in [1.807, 2.05) is 0 Å². The summed E-state index contributed by atoms with van der Waals surface area (Å²) in [6.45, 7) is 5.27. The molecular formula is C12H19NO4. The number of imide groups is 1. The normalized spacial score (nSPS) is 29.6. The quantitative estimate of drug-likeness (QED) is 0.751. The molecule has 2 atom stereocenters. The zero-order valence-corrected chi connectivity index (χ0v) is 10.5. The third-order valence-electron chi connectivity index (χ3n) is 3.04. The largest absolute Gasteiger partial charge is 0.443 e. The van der Waals surface area contributed by atoms with Gasteiger partial charge in [0.2, 0.25) is 5.91 Å². The first-order chi connectivity index (χ1) is 7.79. The van der Waals surface area contributed by atoms with E-state index in [9.17, 15) is 14.7 Å². The molecule has 2 rings (SSSR count). The highest BCUT2D eigenvalue weighted by Crippen LogP contribution is 2.41. The maximum atomic E-state index is 11.9. The van der Waals surface area contributed by atoms with Gasteiger partial charge in [-0.2, -0.15) is 0 Å². The van der Waals surface area contributed by atoms with Gasteiger partial charge >= 0.3 is 6.09 Å². The Morgan fingerprint density at radius 2 is 2.00 bits per heavy atom. The third-order valence-corrected chi connectivity index (χ3v) is 3.04. The standard InChI is InChI=1S/C12H19NO4/c1-12(2,3)17-11(16)13-9(15)6-8(14)10(13)7-4-5-7/h7-8,10,14H,4-6H2,1-3H3. The van der Waals surface area contributed by atoms with Crippen molar-refractivity contribution in [2.75, 3.05) is 0 Å². The summed E-state index contributed by atoms with van der Waals surface area (Å²) >= 11 is 0. The number of carbonyl (C=O) groups excluding carboxylic acids is 2. The van der Waals surface area contributed by atoms with Gasteiger partial charge in [0.15, 0.2) is 0 Å². The minimum absolute atomic E-state index is 0.0282. The van der Waals surface area contributed by atoms with Gasteiger partial charge in [-0.1, -0.05) is 0 Å². The Morgan fingerprint density at radius 1 is 1.41 bits per heavy atom. The minimum atomic E-state index is -0.734. The topological polar surface area (TPSA) is 66.8 Å². The van der Waals surface area contributed by atoms with E-state index in [2.05, 4.69) is 0 Å². The highest BCUT2D eigenvalue weighted by molar-refractivity contribution is 5.95. The van der Waals surface area contributed by atoms with Gasteiger partial charge in [-0.05, 0) is 39.5 Å². The van der Waals surface area contributed by atoms with E-state index in [0.717, 1.165) is 17.7 Å². The number of carbonyl (C=O) groups is 2. The summed E-state index contributed by atoms with van der Waals surface area (Å²) in [6.07, 6.45) is 0.599. The van der Waals surface area contributed by atoms with E-state index < -0.39 is 17.8 Å². The number of amides is 2.